The van der Waals surface area contributed by atoms with Crippen LogP contribution >= 0.6 is 0 Å². The van der Waals surface area contributed by atoms with Crippen LogP contribution in [0.15, 0.2) is 36.4 Å². The first kappa shape index (κ1) is 11.2. The van der Waals surface area contributed by atoms with Crippen molar-refractivity contribution >= 4 is 0 Å². The second-order valence-corrected chi connectivity index (χ2v) is 4.15. The summed E-state index contributed by atoms with van der Waals surface area (Å²) in [6, 6.07) is 8.24. The van der Waals surface area contributed by atoms with Gasteiger partial charge in [0.05, 0.1) is 0 Å². The van der Waals surface area contributed by atoms with Gasteiger partial charge in [0.1, 0.15) is 11.9 Å². The monoisotopic (exact) mass is 217 g/mol. The minimum atomic E-state index is 0.256. The molecule has 1 aromatic carbocycles. The van der Waals surface area contributed by atoms with Crippen molar-refractivity contribution in [1.82, 2.24) is 5.32 Å². The third-order valence-electron chi connectivity index (χ3n) is 2.83. The average molecular weight is 217 g/mol. The van der Waals surface area contributed by atoms with Gasteiger partial charge in [-0.25, -0.2) is 0 Å². The molecule has 2 nitrogen and oxygen atoms in total. The summed E-state index contributed by atoms with van der Waals surface area (Å²) in [5.41, 5.74) is 1.23. The van der Waals surface area contributed by atoms with Crippen LogP contribution in [0.4, 0.5) is 0 Å². The summed E-state index contributed by atoms with van der Waals surface area (Å²) in [7, 11) is 1.96. The van der Waals surface area contributed by atoms with Crippen molar-refractivity contribution in [2.45, 2.75) is 31.9 Å². The van der Waals surface area contributed by atoms with Crippen molar-refractivity contribution < 1.29 is 4.74 Å². The molecule has 86 valence electrons. The van der Waals surface area contributed by atoms with Gasteiger partial charge in [0.2, 0.25) is 0 Å². The normalized spacial score (nSPS) is 19.7. The minimum absolute atomic E-state index is 0.256. The highest BCUT2D eigenvalue weighted by molar-refractivity contribution is 5.33. The molecule has 0 aromatic heterocycles. The van der Waals surface area contributed by atoms with Crippen molar-refractivity contribution in [3.05, 3.63) is 42.0 Å². The van der Waals surface area contributed by atoms with E-state index in [-0.39, 0.29) is 6.10 Å². The lowest BCUT2D eigenvalue weighted by Gasteiger charge is -2.20. The van der Waals surface area contributed by atoms with Gasteiger partial charge >= 0.3 is 0 Å². The Morgan fingerprint density at radius 1 is 1.38 bits per heavy atom. The molecule has 1 N–H and O–H groups in total. The highest BCUT2D eigenvalue weighted by Crippen LogP contribution is 2.22. The summed E-state index contributed by atoms with van der Waals surface area (Å²) in [5, 5.41) is 3.16. The summed E-state index contributed by atoms with van der Waals surface area (Å²) >= 11 is 0. The molecule has 0 saturated heterocycles. The van der Waals surface area contributed by atoms with Gasteiger partial charge in [-0.05, 0) is 38.5 Å². The highest BCUT2D eigenvalue weighted by Gasteiger charge is 2.11. The Hall–Kier alpha value is -1.28. The summed E-state index contributed by atoms with van der Waals surface area (Å²) in [5.74, 6) is 1.01. The molecule has 1 unspecified atom stereocenters. The molecular weight excluding hydrogens is 198 g/mol. The van der Waals surface area contributed by atoms with Gasteiger partial charge in [0.25, 0.3) is 0 Å². The van der Waals surface area contributed by atoms with Crippen LogP contribution in [0.2, 0.25) is 0 Å². The Kier molecular flexibility index (Phi) is 4.00. The van der Waals surface area contributed by atoms with E-state index in [0.29, 0.717) is 0 Å². The molecule has 0 fully saturated rings. The van der Waals surface area contributed by atoms with Crippen molar-refractivity contribution in [1.29, 1.82) is 0 Å². The van der Waals surface area contributed by atoms with E-state index >= 15 is 0 Å². The summed E-state index contributed by atoms with van der Waals surface area (Å²) in [4.78, 5) is 0. The maximum Gasteiger partial charge on any atom is 0.124 e. The second-order valence-electron chi connectivity index (χ2n) is 4.15. The fourth-order valence-electron chi connectivity index (χ4n) is 2.00. The zero-order valence-corrected chi connectivity index (χ0v) is 9.78. The van der Waals surface area contributed by atoms with Crippen LogP contribution in [0.25, 0.3) is 0 Å². The third-order valence-corrected chi connectivity index (χ3v) is 2.83. The quantitative estimate of drug-likeness (QED) is 0.783. The van der Waals surface area contributed by atoms with E-state index in [1.807, 2.05) is 13.1 Å². The topological polar surface area (TPSA) is 21.3 Å². The van der Waals surface area contributed by atoms with Crippen LogP contribution in [0.3, 0.4) is 0 Å². The van der Waals surface area contributed by atoms with Crippen LogP contribution in [0, 0.1) is 0 Å². The van der Waals surface area contributed by atoms with Crippen LogP contribution in [0.1, 0.15) is 24.8 Å². The Labute approximate surface area is 97.3 Å². The zero-order chi connectivity index (χ0) is 11.2. The van der Waals surface area contributed by atoms with Gasteiger partial charge in [-0.15, -0.1) is 0 Å². The molecule has 2 rings (SSSR count). The number of rotatable bonds is 4. The number of allylic oxidation sites excluding steroid dienone is 1. The number of hydrogen-bond donors (Lipinski definition) is 1. The molecular formula is C14H19NO. The van der Waals surface area contributed by atoms with E-state index in [1.54, 1.807) is 0 Å². The van der Waals surface area contributed by atoms with Crippen LogP contribution in [-0.4, -0.2) is 13.2 Å². The molecule has 0 bridgehead atoms. The van der Waals surface area contributed by atoms with Crippen molar-refractivity contribution in [3.63, 3.8) is 0 Å². The molecule has 0 amide bonds. The molecule has 1 atom stereocenters. The van der Waals surface area contributed by atoms with Gasteiger partial charge < -0.3 is 10.1 Å². The van der Waals surface area contributed by atoms with Crippen molar-refractivity contribution in [3.8, 4) is 5.75 Å². The smallest absolute Gasteiger partial charge is 0.124 e. The standard InChI is InChI=1S/C14H19NO/c1-15-11-12-7-5-6-10-14(12)16-13-8-3-2-4-9-13/h3,5-8,10,13,15H,2,4,9,11H2,1H3. The van der Waals surface area contributed by atoms with E-state index < -0.39 is 0 Å². The first-order chi connectivity index (χ1) is 7.90. The van der Waals surface area contributed by atoms with E-state index in [9.17, 15) is 0 Å². The molecule has 1 aliphatic rings. The lowest BCUT2D eigenvalue weighted by molar-refractivity contribution is 0.227. The van der Waals surface area contributed by atoms with E-state index in [1.165, 1.54) is 18.4 Å². The number of ether oxygens (including phenoxy) is 1. The Morgan fingerprint density at radius 3 is 3.00 bits per heavy atom. The zero-order valence-electron chi connectivity index (χ0n) is 9.78. The Morgan fingerprint density at radius 2 is 2.25 bits per heavy atom. The predicted octanol–water partition coefficient (Wildman–Crippen LogP) is 2.89. The molecule has 0 spiro atoms. The molecule has 0 radical (unpaired) electrons. The number of benzene rings is 1. The second kappa shape index (κ2) is 5.71. The van der Waals surface area contributed by atoms with Crippen molar-refractivity contribution in [2.75, 3.05) is 7.05 Å². The van der Waals surface area contributed by atoms with Crippen LogP contribution in [-0.2, 0) is 6.54 Å². The van der Waals surface area contributed by atoms with Crippen LogP contribution < -0.4 is 10.1 Å². The SMILES string of the molecule is CNCc1ccccc1OC1C=CCCC1. The molecule has 2 heteroatoms. The number of nitrogens with one attached hydrogen (secondary N) is 1. The lowest BCUT2D eigenvalue weighted by Crippen LogP contribution is -2.17. The summed E-state index contributed by atoms with van der Waals surface area (Å²) in [6.45, 7) is 0.854. The number of hydrogen-bond acceptors (Lipinski definition) is 2. The number of para-hydroxylation sites is 1. The van der Waals surface area contributed by atoms with E-state index in [0.717, 1.165) is 18.7 Å². The van der Waals surface area contributed by atoms with E-state index in [2.05, 4.69) is 35.7 Å². The maximum absolute atomic E-state index is 6.01. The first-order valence-corrected chi connectivity index (χ1v) is 5.96. The van der Waals surface area contributed by atoms with Crippen LogP contribution in [0.5, 0.6) is 5.75 Å². The first-order valence-electron chi connectivity index (χ1n) is 5.96. The van der Waals surface area contributed by atoms with Gasteiger partial charge in [0, 0.05) is 12.1 Å². The van der Waals surface area contributed by atoms with Gasteiger partial charge in [-0.3, -0.25) is 0 Å². The van der Waals surface area contributed by atoms with Gasteiger partial charge in [-0.2, -0.15) is 0 Å². The van der Waals surface area contributed by atoms with Crippen molar-refractivity contribution in [2.24, 2.45) is 0 Å². The third kappa shape index (κ3) is 2.86. The summed E-state index contributed by atoms with van der Waals surface area (Å²) in [6.07, 6.45) is 8.21. The lowest BCUT2D eigenvalue weighted by atomic mass is 10.1. The molecule has 0 heterocycles. The molecule has 0 saturated carbocycles. The fraction of sp³-hybridized carbons (Fsp3) is 0.429. The average Bonchev–Trinajstić information content (AvgIpc) is 2.33. The van der Waals surface area contributed by atoms with Gasteiger partial charge in [-0.1, -0.05) is 24.3 Å². The molecule has 1 aliphatic carbocycles. The largest absolute Gasteiger partial charge is 0.486 e. The Bertz CT molecular complexity index is 360. The highest BCUT2D eigenvalue weighted by atomic mass is 16.5. The maximum atomic E-state index is 6.01. The van der Waals surface area contributed by atoms with E-state index in [4.69, 9.17) is 4.74 Å². The van der Waals surface area contributed by atoms with Gasteiger partial charge in [0.15, 0.2) is 0 Å². The molecule has 1 aromatic rings. The predicted molar refractivity (Wildman–Crippen MR) is 66.6 cm³/mol. The Balaban J connectivity index is 2.07. The fourth-order valence-corrected chi connectivity index (χ4v) is 2.00. The summed E-state index contributed by atoms with van der Waals surface area (Å²) < 4.78 is 6.01. The molecule has 16 heavy (non-hydrogen) atoms. The molecule has 0 aliphatic heterocycles. The minimum Gasteiger partial charge on any atom is -0.486 e.